The summed E-state index contributed by atoms with van der Waals surface area (Å²) in [6.45, 7) is 2.24. The van der Waals surface area contributed by atoms with Crippen LogP contribution in [0, 0.1) is 5.92 Å². The molecule has 110 valence electrons. The number of Topliss-reactive ketones (excluding diaryl/α,β-unsaturated/α-hetero) is 1. The Morgan fingerprint density at radius 1 is 1.33 bits per heavy atom. The molecule has 0 saturated heterocycles. The van der Waals surface area contributed by atoms with Crippen molar-refractivity contribution in [2.75, 3.05) is 0 Å². The molecule has 0 N–H and O–H groups in total. The summed E-state index contributed by atoms with van der Waals surface area (Å²) in [4.78, 5) is 12.3. The highest BCUT2D eigenvalue weighted by Crippen LogP contribution is 2.58. The maximum atomic E-state index is 12.3. The molecular formula is C20H24O. The van der Waals surface area contributed by atoms with Gasteiger partial charge in [-0.3, -0.25) is 4.79 Å². The van der Waals surface area contributed by atoms with Gasteiger partial charge in [0.2, 0.25) is 0 Å². The molecule has 0 aliphatic heterocycles. The highest BCUT2D eigenvalue weighted by atomic mass is 16.1. The lowest BCUT2D eigenvalue weighted by molar-refractivity contribution is 0.0939. The van der Waals surface area contributed by atoms with Crippen LogP contribution in [0.3, 0.4) is 0 Å². The minimum Gasteiger partial charge on any atom is -0.294 e. The van der Waals surface area contributed by atoms with Gasteiger partial charge in [0.25, 0.3) is 0 Å². The van der Waals surface area contributed by atoms with Crippen molar-refractivity contribution >= 4 is 5.78 Å². The lowest BCUT2D eigenvalue weighted by Crippen LogP contribution is -2.37. The third-order valence-corrected chi connectivity index (χ3v) is 6.06. The predicted molar refractivity (Wildman–Crippen MR) is 85.7 cm³/mol. The molecule has 0 heterocycles. The summed E-state index contributed by atoms with van der Waals surface area (Å²) in [6.07, 6.45) is 11.7. The van der Waals surface area contributed by atoms with E-state index in [1.807, 2.05) is 0 Å². The molecule has 3 aliphatic carbocycles. The first kappa shape index (κ1) is 13.3. The molecule has 1 spiro atoms. The first-order valence-electron chi connectivity index (χ1n) is 8.57. The zero-order valence-electron chi connectivity index (χ0n) is 13.0. The van der Waals surface area contributed by atoms with Crippen LogP contribution in [0.5, 0.6) is 0 Å². The van der Waals surface area contributed by atoms with Crippen LogP contribution in [0.1, 0.15) is 73.4 Å². The lowest BCUT2D eigenvalue weighted by atomic mass is 9.62. The molecule has 1 aromatic rings. The van der Waals surface area contributed by atoms with Gasteiger partial charge in [0.15, 0.2) is 5.78 Å². The smallest absolute Gasteiger partial charge is 0.163 e. The number of carbonyl (C=O) groups excluding carboxylic acids is 1. The molecule has 21 heavy (non-hydrogen) atoms. The highest BCUT2D eigenvalue weighted by Gasteiger charge is 2.51. The molecule has 1 nitrogen and oxygen atoms in total. The summed E-state index contributed by atoms with van der Waals surface area (Å²) in [5.41, 5.74) is 5.83. The van der Waals surface area contributed by atoms with Crippen LogP contribution in [0.25, 0.3) is 0 Å². The van der Waals surface area contributed by atoms with Crippen LogP contribution in [-0.4, -0.2) is 5.78 Å². The Morgan fingerprint density at radius 2 is 2.24 bits per heavy atom. The molecule has 1 heteroatoms. The van der Waals surface area contributed by atoms with Crippen LogP contribution in [0.2, 0.25) is 0 Å². The topological polar surface area (TPSA) is 17.1 Å². The zero-order valence-corrected chi connectivity index (χ0v) is 13.0. The van der Waals surface area contributed by atoms with Crippen molar-refractivity contribution in [1.29, 1.82) is 0 Å². The van der Waals surface area contributed by atoms with E-state index in [4.69, 9.17) is 0 Å². The number of fused-ring (bicyclic) bond motifs is 5. The van der Waals surface area contributed by atoms with Crippen LogP contribution < -0.4 is 0 Å². The van der Waals surface area contributed by atoms with Crippen molar-refractivity contribution in [1.82, 2.24) is 0 Å². The third-order valence-electron chi connectivity index (χ3n) is 6.06. The van der Waals surface area contributed by atoms with Crippen molar-refractivity contribution in [2.45, 2.75) is 63.7 Å². The van der Waals surface area contributed by atoms with Crippen LogP contribution in [-0.2, 0) is 11.8 Å². The molecule has 0 aromatic heterocycles. The summed E-state index contributed by atoms with van der Waals surface area (Å²) in [6, 6.07) is 6.71. The Labute approximate surface area is 127 Å². The van der Waals surface area contributed by atoms with Gasteiger partial charge in [-0.2, -0.15) is 0 Å². The predicted octanol–water partition coefficient (Wildman–Crippen LogP) is 4.98. The molecule has 2 bridgehead atoms. The number of unbranched alkanes of at least 4 members (excludes halogenated alkanes) is 1. The molecule has 1 aromatic carbocycles. The molecular weight excluding hydrogens is 256 g/mol. The summed E-state index contributed by atoms with van der Waals surface area (Å²) >= 11 is 0. The number of benzene rings is 1. The third kappa shape index (κ3) is 1.93. The summed E-state index contributed by atoms with van der Waals surface area (Å²) < 4.78 is 0. The Balaban J connectivity index is 1.79. The number of ketones is 1. The van der Waals surface area contributed by atoms with E-state index in [1.165, 1.54) is 43.2 Å². The van der Waals surface area contributed by atoms with E-state index in [0.717, 1.165) is 30.7 Å². The average molecular weight is 280 g/mol. The fourth-order valence-corrected chi connectivity index (χ4v) is 4.90. The summed E-state index contributed by atoms with van der Waals surface area (Å²) in [5, 5.41) is 0. The molecule has 3 aliphatic rings. The normalized spacial score (nSPS) is 29.9. The Bertz CT molecular complexity index is 625. The first-order chi connectivity index (χ1) is 10.2. The lowest BCUT2D eigenvalue weighted by Gasteiger charge is -2.41. The average Bonchev–Trinajstić information content (AvgIpc) is 3.10. The molecule has 0 radical (unpaired) electrons. The fraction of sp³-hybridized carbons (Fsp3) is 0.550. The summed E-state index contributed by atoms with van der Waals surface area (Å²) in [5.74, 6) is 1.13. The molecule has 2 unspecified atom stereocenters. The van der Waals surface area contributed by atoms with Crippen molar-refractivity contribution in [3.63, 3.8) is 0 Å². The largest absolute Gasteiger partial charge is 0.294 e. The second-order valence-electron chi connectivity index (χ2n) is 7.24. The molecule has 1 saturated carbocycles. The van der Waals surface area contributed by atoms with E-state index in [9.17, 15) is 4.79 Å². The van der Waals surface area contributed by atoms with Gasteiger partial charge in [-0.1, -0.05) is 43.2 Å². The maximum absolute atomic E-state index is 12.3. The van der Waals surface area contributed by atoms with E-state index in [-0.39, 0.29) is 0 Å². The van der Waals surface area contributed by atoms with Crippen molar-refractivity contribution in [3.8, 4) is 0 Å². The minimum absolute atomic E-state index is 0.301. The monoisotopic (exact) mass is 280 g/mol. The Morgan fingerprint density at radius 3 is 2.95 bits per heavy atom. The SMILES string of the molecule is CCCCc1ccc2c(c1)C1(CCC2=O)CC2=CCC1C2. The van der Waals surface area contributed by atoms with Gasteiger partial charge in [-0.05, 0) is 55.6 Å². The highest BCUT2D eigenvalue weighted by molar-refractivity contribution is 5.99. The van der Waals surface area contributed by atoms with Gasteiger partial charge in [-0.15, -0.1) is 0 Å². The summed E-state index contributed by atoms with van der Waals surface area (Å²) in [7, 11) is 0. The number of allylic oxidation sites excluding steroid dienone is 2. The van der Waals surface area contributed by atoms with Gasteiger partial charge in [0.1, 0.15) is 0 Å². The number of hydrogen-bond donors (Lipinski definition) is 0. The molecule has 0 amide bonds. The van der Waals surface area contributed by atoms with Gasteiger partial charge >= 0.3 is 0 Å². The maximum Gasteiger partial charge on any atom is 0.163 e. The van der Waals surface area contributed by atoms with Gasteiger partial charge < -0.3 is 0 Å². The van der Waals surface area contributed by atoms with E-state index in [2.05, 4.69) is 31.2 Å². The minimum atomic E-state index is 0.301. The standard InChI is InChI=1S/C20H24O/c1-2-3-4-14-6-8-17-18(12-14)20(10-9-19(17)21)13-15-5-7-16(20)11-15/h5-6,8,12,16H,2-4,7,9-11,13H2,1H3. The molecule has 1 fully saturated rings. The van der Waals surface area contributed by atoms with E-state index < -0.39 is 0 Å². The zero-order chi connectivity index (χ0) is 14.4. The van der Waals surface area contributed by atoms with Crippen LogP contribution in [0.4, 0.5) is 0 Å². The Hall–Kier alpha value is -1.37. The second-order valence-corrected chi connectivity index (χ2v) is 7.24. The van der Waals surface area contributed by atoms with Gasteiger partial charge in [0, 0.05) is 17.4 Å². The molecule has 4 rings (SSSR count). The van der Waals surface area contributed by atoms with Crippen LogP contribution >= 0.6 is 0 Å². The van der Waals surface area contributed by atoms with Gasteiger partial charge in [0.05, 0.1) is 0 Å². The second kappa shape index (κ2) is 4.83. The fourth-order valence-electron chi connectivity index (χ4n) is 4.90. The van der Waals surface area contributed by atoms with E-state index in [1.54, 1.807) is 5.57 Å². The number of aryl methyl sites for hydroxylation is 1. The molecule has 2 atom stereocenters. The quantitative estimate of drug-likeness (QED) is 0.713. The Kier molecular flexibility index (Phi) is 3.06. The number of carbonyl (C=O) groups is 1. The first-order valence-corrected chi connectivity index (χ1v) is 8.57. The van der Waals surface area contributed by atoms with Gasteiger partial charge in [-0.25, -0.2) is 0 Å². The van der Waals surface area contributed by atoms with Crippen molar-refractivity contribution in [2.24, 2.45) is 5.92 Å². The van der Waals surface area contributed by atoms with Crippen molar-refractivity contribution in [3.05, 3.63) is 46.5 Å². The van der Waals surface area contributed by atoms with E-state index in [0.29, 0.717) is 11.2 Å². The number of hydrogen-bond acceptors (Lipinski definition) is 1. The number of rotatable bonds is 3. The van der Waals surface area contributed by atoms with Crippen molar-refractivity contribution < 1.29 is 4.79 Å². The van der Waals surface area contributed by atoms with E-state index >= 15 is 0 Å². The van der Waals surface area contributed by atoms with Crippen LogP contribution in [0.15, 0.2) is 29.8 Å².